The van der Waals surface area contributed by atoms with Crippen LogP contribution in [0.3, 0.4) is 0 Å². The molecule has 7 heteroatoms. The molecule has 1 heterocycles. The van der Waals surface area contributed by atoms with Gasteiger partial charge in [0.1, 0.15) is 21.7 Å². The van der Waals surface area contributed by atoms with Gasteiger partial charge in [0.2, 0.25) is 0 Å². The number of halogens is 3. The van der Waals surface area contributed by atoms with Crippen LogP contribution in [0.25, 0.3) is 0 Å². The zero-order valence-corrected chi connectivity index (χ0v) is 16.4. The Morgan fingerprint density at radius 2 is 1.81 bits per heavy atom. The summed E-state index contributed by atoms with van der Waals surface area (Å²) in [4.78, 5) is 4.13. The molecule has 1 atom stereocenters. The third-order valence-corrected chi connectivity index (χ3v) is 10.4. The molecule has 0 aliphatic carbocycles. The molecule has 0 bridgehead atoms. The summed E-state index contributed by atoms with van der Waals surface area (Å²) in [6, 6.07) is 4.70. The summed E-state index contributed by atoms with van der Waals surface area (Å²) in [7, 11) is -1.89. The standard InChI is InChI=1S/C14H24BrFN2OSi.ClH/c1-5-20(6-2,7-3)10-8-11(15)18-13(12(10)16)14(4,19)9-17;/h8,19H,5-7,9,17H2,1-4H3;1H/t14-;/m1./s1. The van der Waals surface area contributed by atoms with Crippen LogP contribution in [0.5, 0.6) is 0 Å². The molecule has 0 aromatic carbocycles. The Balaban J connectivity index is 0.00000400. The molecule has 122 valence electrons. The summed E-state index contributed by atoms with van der Waals surface area (Å²) in [5.41, 5.74) is 4.16. The van der Waals surface area contributed by atoms with E-state index in [4.69, 9.17) is 5.73 Å². The van der Waals surface area contributed by atoms with E-state index in [1.165, 1.54) is 6.92 Å². The van der Waals surface area contributed by atoms with Crippen LogP contribution < -0.4 is 10.9 Å². The van der Waals surface area contributed by atoms with E-state index >= 15 is 0 Å². The van der Waals surface area contributed by atoms with Crippen molar-refractivity contribution in [1.29, 1.82) is 0 Å². The molecule has 0 fully saturated rings. The highest BCUT2D eigenvalue weighted by atomic mass is 79.9. The number of aromatic nitrogens is 1. The largest absolute Gasteiger partial charge is 0.382 e. The zero-order valence-electron chi connectivity index (χ0n) is 13.0. The average Bonchev–Trinajstić information content (AvgIpc) is 2.44. The molecule has 1 aromatic heterocycles. The Bertz CT molecular complexity index is 476. The van der Waals surface area contributed by atoms with Crippen LogP contribution in [-0.4, -0.2) is 24.7 Å². The first-order valence-electron chi connectivity index (χ1n) is 7.07. The topological polar surface area (TPSA) is 59.1 Å². The Kier molecular flexibility index (Phi) is 8.01. The van der Waals surface area contributed by atoms with Crippen molar-refractivity contribution in [3.8, 4) is 0 Å². The van der Waals surface area contributed by atoms with Gasteiger partial charge < -0.3 is 10.8 Å². The second-order valence-corrected chi connectivity index (χ2v) is 11.5. The van der Waals surface area contributed by atoms with Crippen molar-refractivity contribution in [2.45, 2.75) is 51.4 Å². The van der Waals surface area contributed by atoms with Crippen molar-refractivity contribution >= 4 is 41.6 Å². The minimum Gasteiger partial charge on any atom is -0.382 e. The van der Waals surface area contributed by atoms with Crippen LogP contribution in [0.15, 0.2) is 10.7 Å². The molecule has 1 rings (SSSR count). The van der Waals surface area contributed by atoms with E-state index in [1.54, 1.807) is 6.07 Å². The lowest BCUT2D eigenvalue weighted by atomic mass is 10.0. The van der Waals surface area contributed by atoms with Crippen LogP contribution in [0.1, 0.15) is 33.4 Å². The zero-order chi connectivity index (χ0) is 15.6. The maximum Gasteiger partial charge on any atom is 0.147 e. The fourth-order valence-corrected chi connectivity index (χ4v) is 6.95. The van der Waals surface area contributed by atoms with Crippen molar-refractivity contribution in [3.63, 3.8) is 0 Å². The summed E-state index contributed by atoms with van der Waals surface area (Å²) in [5, 5.41) is 11.0. The molecule has 1 aromatic rings. The van der Waals surface area contributed by atoms with Crippen LogP contribution in [0.4, 0.5) is 4.39 Å². The van der Waals surface area contributed by atoms with E-state index in [-0.39, 0.29) is 30.5 Å². The van der Waals surface area contributed by atoms with Gasteiger partial charge in [0.15, 0.2) is 0 Å². The molecular formula is C14H25BrClFN2OSi. The maximum atomic E-state index is 14.9. The van der Waals surface area contributed by atoms with Crippen molar-refractivity contribution < 1.29 is 9.50 Å². The molecule has 21 heavy (non-hydrogen) atoms. The lowest BCUT2D eigenvalue weighted by Crippen LogP contribution is -2.49. The molecule has 0 aliphatic heterocycles. The summed E-state index contributed by atoms with van der Waals surface area (Å²) in [6.07, 6.45) is 0. The molecule has 3 nitrogen and oxygen atoms in total. The number of rotatable bonds is 6. The number of pyridine rings is 1. The summed E-state index contributed by atoms with van der Waals surface area (Å²) in [5.74, 6) is -0.374. The third-order valence-electron chi connectivity index (χ3n) is 4.44. The Morgan fingerprint density at radius 1 is 1.33 bits per heavy atom. The second-order valence-electron chi connectivity index (χ2n) is 5.47. The SMILES string of the molecule is CC[Si](CC)(CC)c1cc(Br)nc([C@](C)(O)CN)c1F.Cl. The molecule has 0 aliphatic rings. The fraction of sp³-hybridized carbons (Fsp3) is 0.643. The summed E-state index contributed by atoms with van der Waals surface area (Å²) < 4.78 is 15.5. The minimum atomic E-state index is -1.89. The van der Waals surface area contributed by atoms with E-state index in [0.29, 0.717) is 4.60 Å². The molecule has 0 amide bonds. The van der Waals surface area contributed by atoms with Crippen LogP contribution in [0, 0.1) is 5.82 Å². The summed E-state index contributed by atoms with van der Waals surface area (Å²) >= 11 is 3.34. The van der Waals surface area contributed by atoms with Gasteiger partial charge in [-0.3, -0.25) is 0 Å². The number of aliphatic hydroxyl groups is 1. The van der Waals surface area contributed by atoms with Crippen LogP contribution >= 0.6 is 28.3 Å². The number of nitrogens with two attached hydrogens (primary N) is 1. The quantitative estimate of drug-likeness (QED) is 0.570. The first kappa shape index (κ1) is 21.0. The molecule has 0 saturated heterocycles. The summed E-state index contributed by atoms with van der Waals surface area (Å²) in [6.45, 7) is 7.79. The van der Waals surface area contributed by atoms with Gasteiger partial charge in [-0.25, -0.2) is 9.37 Å². The number of hydrogen-bond donors (Lipinski definition) is 2. The van der Waals surface area contributed by atoms with Gasteiger partial charge >= 0.3 is 0 Å². The highest BCUT2D eigenvalue weighted by Crippen LogP contribution is 2.27. The first-order valence-corrected chi connectivity index (χ1v) is 10.5. The van der Waals surface area contributed by atoms with Gasteiger partial charge in [-0.1, -0.05) is 38.9 Å². The van der Waals surface area contributed by atoms with Gasteiger partial charge in [0.25, 0.3) is 0 Å². The second kappa shape index (κ2) is 8.01. The predicted octanol–water partition coefficient (Wildman–Crippen LogP) is 3.29. The molecule has 3 N–H and O–H groups in total. The fourth-order valence-electron chi connectivity index (χ4n) is 2.66. The van der Waals surface area contributed by atoms with E-state index in [0.717, 1.165) is 23.3 Å². The predicted molar refractivity (Wildman–Crippen MR) is 94.6 cm³/mol. The Morgan fingerprint density at radius 3 is 2.19 bits per heavy atom. The van der Waals surface area contributed by atoms with Gasteiger partial charge in [0.05, 0.1) is 8.07 Å². The minimum absolute atomic E-state index is 0. The van der Waals surface area contributed by atoms with Crippen molar-refractivity contribution in [2.75, 3.05) is 6.54 Å². The number of hydrogen-bond acceptors (Lipinski definition) is 3. The highest BCUT2D eigenvalue weighted by molar-refractivity contribution is 9.10. The first-order chi connectivity index (χ1) is 9.27. The van der Waals surface area contributed by atoms with Crippen molar-refractivity contribution in [3.05, 3.63) is 22.2 Å². The van der Waals surface area contributed by atoms with E-state index in [1.807, 2.05) is 0 Å². The van der Waals surface area contributed by atoms with E-state index < -0.39 is 13.7 Å². The van der Waals surface area contributed by atoms with E-state index in [2.05, 4.69) is 41.7 Å². The molecule has 0 saturated carbocycles. The Labute approximate surface area is 142 Å². The van der Waals surface area contributed by atoms with Crippen molar-refractivity contribution in [2.24, 2.45) is 5.73 Å². The highest BCUT2D eigenvalue weighted by Gasteiger charge is 2.37. The van der Waals surface area contributed by atoms with Gasteiger partial charge in [-0.2, -0.15) is 0 Å². The lowest BCUT2D eigenvalue weighted by Gasteiger charge is -2.31. The third kappa shape index (κ3) is 4.04. The molecular weight excluding hydrogens is 375 g/mol. The Hall–Kier alpha value is -0.0131. The maximum absolute atomic E-state index is 14.9. The van der Waals surface area contributed by atoms with E-state index in [9.17, 15) is 9.50 Å². The van der Waals surface area contributed by atoms with Crippen LogP contribution in [0.2, 0.25) is 18.1 Å². The van der Waals surface area contributed by atoms with Crippen molar-refractivity contribution in [1.82, 2.24) is 4.98 Å². The normalized spacial score (nSPS) is 14.5. The van der Waals surface area contributed by atoms with Gasteiger partial charge in [-0.05, 0) is 34.1 Å². The average molecular weight is 400 g/mol. The smallest absolute Gasteiger partial charge is 0.147 e. The van der Waals surface area contributed by atoms with Gasteiger partial charge in [0, 0.05) is 6.54 Å². The molecule has 0 radical (unpaired) electrons. The monoisotopic (exact) mass is 398 g/mol. The van der Waals surface area contributed by atoms with Gasteiger partial charge in [-0.15, -0.1) is 12.4 Å². The van der Waals surface area contributed by atoms with Crippen LogP contribution in [-0.2, 0) is 5.60 Å². The lowest BCUT2D eigenvalue weighted by molar-refractivity contribution is 0.0580. The molecule has 0 spiro atoms. The number of nitrogens with zero attached hydrogens (tertiary/aromatic N) is 1. The molecule has 0 unspecified atom stereocenters.